The molecule has 1 fully saturated rings. The summed E-state index contributed by atoms with van der Waals surface area (Å²) in [5, 5.41) is 0.0925. The maximum Gasteiger partial charge on any atom is 0.0775 e. The van der Waals surface area contributed by atoms with Crippen LogP contribution in [0.5, 0.6) is 0 Å². The Morgan fingerprint density at radius 3 is 2.44 bits per heavy atom. The Balaban J connectivity index is 1.95. The Kier molecular flexibility index (Phi) is 3.29. The zero-order valence-electron chi connectivity index (χ0n) is 10.1. The molecule has 0 radical (unpaired) electrons. The molecular formula is C15H14BrClS. The monoisotopic (exact) mass is 340 g/mol. The SMILES string of the molecule is Cc1sc(C(Cl)C2(c3ccccc3)CC2)cc1Br. The van der Waals surface area contributed by atoms with Gasteiger partial charge in [-0.1, -0.05) is 30.3 Å². The van der Waals surface area contributed by atoms with Crippen LogP contribution in [0.1, 0.15) is 33.5 Å². The van der Waals surface area contributed by atoms with Crippen molar-refractivity contribution in [1.82, 2.24) is 0 Å². The summed E-state index contributed by atoms with van der Waals surface area (Å²) in [5.41, 5.74) is 1.55. The van der Waals surface area contributed by atoms with Crippen LogP contribution in [-0.2, 0) is 5.41 Å². The number of aryl methyl sites for hydroxylation is 1. The van der Waals surface area contributed by atoms with Crippen molar-refractivity contribution in [3.63, 3.8) is 0 Å². The molecule has 1 aliphatic rings. The molecule has 0 nitrogen and oxygen atoms in total. The van der Waals surface area contributed by atoms with Crippen LogP contribution >= 0.6 is 38.9 Å². The standard InChI is InChI=1S/C15H14BrClS/c1-10-12(16)9-13(18-10)14(17)15(7-8-15)11-5-3-2-4-6-11/h2-6,9,14H,7-8H2,1H3. The first-order valence-electron chi connectivity index (χ1n) is 6.09. The van der Waals surface area contributed by atoms with Crippen LogP contribution in [0.2, 0.25) is 0 Å². The van der Waals surface area contributed by atoms with Gasteiger partial charge in [-0.05, 0) is 47.3 Å². The minimum atomic E-state index is 0.0925. The largest absolute Gasteiger partial charge is 0.143 e. The second-order valence-electron chi connectivity index (χ2n) is 4.94. The van der Waals surface area contributed by atoms with Crippen LogP contribution in [0.25, 0.3) is 0 Å². The Bertz CT molecular complexity index is 538. The second-order valence-corrected chi connectivity index (χ2v) is 7.52. The molecule has 3 heteroatoms. The first-order chi connectivity index (χ1) is 8.63. The fourth-order valence-corrected chi connectivity index (χ4v) is 4.67. The molecule has 1 aliphatic carbocycles. The highest BCUT2D eigenvalue weighted by molar-refractivity contribution is 9.10. The maximum absolute atomic E-state index is 6.77. The highest BCUT2D eigenvalue weighted by Crippen LogP contribution is 2.60. The van der Waals surface area contributed by atoms with Gasteiger partial charge in [0.1, 0.15) is 0 Å². The molecule has 18 heavy (non-hydrogen) atoms. The number of hydrogen-bond acceptors (Lipinski definition) is 1. The fourth-order valence-electron chi connectivity index (χ4n) is 2.47. The van der Waals surface area contributed by atoms with E-state index >= 15 is 0 Å². The van der Waals surface area contributed by atoms with Crippen LogP contribution in [0.15, 0.2) is 40.9 Å². The lowest BCUT2D eigenvalue weighted by molar-refractivity contribution is 0.670. The molecule has 2 aromatic rings. The lowest BCUT2D eigenvalue weighted by atomic mass is 9.91. The number of benzene rings is 1. The summed E-state index contributed by atoms with van der Waals surface area (Å²) in [6, 6.07) is 12.9. The molecule has 1 saturated carbocycles. The third kappa shape index (κ3) is 2.04. The zero-order chi connectivity index (χ0) is 12.8. The third-order valence-corrected chi connectivity index (χ3v) is 6.73. The summed E-state index contributed by atoms with van der Waals surface area (Å²) < 4.78 is 1.18. The molecule has 0 bridgehead atoms. The highest BCUT2D eigenvalue weighted by atomic mass is 79.9. The van der Waals surface area contributed by atoms with Gasteiger partial charge in [0.2, 0.25) is 0 Å². The minimum absolute atomic E-state index is 0.0925. The minimum Gasteiger partial charge on any atom is -0.143 e. The van der Waals surface area contributed by atoms with Crippen LogP contribution in [0, 0.1) is 6.92 Å². The molecule has 1 unspecified atom stereocenters. The molecule has 0 aliphatic heterocycles. The molecule has 0 N–H and O–H groups in total. The third-order valence-electron chi connectivity index (χ3n) is 3.75. The summed E-state index contributed by atoms with van der Waals surface area (Å²) in [7, 11) is 0. The van der Waals surface area contributed by atoms with Gasteiger partial charge in [-0.2, -0.15) is 0 Å². The average Bonchev–Trinajstić information content (AvgIpc) is 3.13. The normalized spacial score (nSPS) is 18.6. The first-order valence-corrected chi connectivity index (χ1v) is 8.13. The summed E-state index contributed by atoms with van der Waals surface area (Å²) in [5.74, 6) is 0. The molecular weight excluding hydrogens is 328 g/mol. The Morgan fingerprint density at radius 1 is 1.28 bits per heavy atom. The van der Waals surface area contributed by atoms with Gasteiger partial charge < -0.3 is 0 Å². The molecule has 0 spiro atoms. The Labute approximate surface area is 125 Å². The first kappa shape index (κ1) is 12.7. The van der Waals surface area contributed by atoms with Gasteiger partial charge in [0.05, 0.1) is 5.38 Å². The van der Waals surface area contributed by atoms with E-state index in [0.717, 1.165) is 0 Å². The van der Waals surface area contributed by atoms with Gasteiger partial charge in [0, 0.05) is 19.6 Å². The molecule has 0 saturated heterocycles. The molecule has 94 valence electrons. The van der Waals surface area contributed by atoms with Gasteiger partial charge in [0.25, 0.3) is 0 Å². The molecule has 1 heterocycles. The van der Waals surface area contributed by atoms with Crippen molar-refractivity contribution in [3.8, 4) is 0 Å². The average molecular weight is 342 g/mol. The van der Waals surface area contributed by atoms with E-state index in [0.29, 0.717) is 0 Å². The van der Waals surface area contributed by atoms with E-state index in [1.54, 1.807) is 11.3 Å². The number of rotatable bonds is 3. The summed E-state index contributed by atoms with van der Waals surface area (Å²) in [4.78, 5) is 2.59. The smallest absolute Gasteiger partial charge is 0.0775 e. The number of hydrogen-bond donors (Lipinski definition) is 0. The number of alkyl halides is 1. The van der Waals surface area contributed by atoms with E-state index in [2.05, 4.69) is 59.3 Å². The van der Waals surface area contributed by atoms with Crippen molar-refractivity contribution in [2.75, 3.05) is 0 Å². The van der Waals surface area contributed by atoms with E-state index in [1.165, 1.54) is 32.6 Å². The van der Waals surface area contributed by atoms with Crippen molar-refractivity contribution in [3.05, 3.63) is 56.2 Å². The van der Waals surface area contributed by atoms with Crippen molar-refractivity contribution < 1.29 is 0 Å². The summed E-state index contributed by atoms with van der Waals surface area (Å²) >= 11 is 12.2. The van der Waals surface area contributed by atoms with E-state index in [-0.39, 0.29) is 10.8 Å². The van der Waals surface area contributed by atoms with E-state index < -0.39 is 0 Å². The Morgan fingerprint density at radius 2 is 1.94 bits per heavy atom. The molecule has 1 aromatic heterocycles. The van der Waals surface area contributed by atoms with E-state index in [9.17, 15) is 0 Å². The van der Waals surface area contributed by atoms with Gasteiger partial charge in [-0.25, -0.2) is 0 Å². The highest BCUT2D eigenvalue weighted by Gasteiger charge is 2.51. The quantitative estimate of drug-likeness (QED) is 0.616. The Hall–Kier alpha value is -0.310. The van der Waals surface area contributed by atoms with Gasteiger partial charge in [-0.15, -0.1) is 22.9 Å². The number of thiophene rings is 1. The second kappa shape index (κ2) is 4.66. The summed E-state index contributed by atoms with van der Waals surface area (Å²) in [6.45, 7) is 2.13. The summed E-state index contributed by atoms with van der Waals surface area (Å²) in [6.07, 6.45) is 2.39. The van der Waals surface area contributed by atoms with Crippen molar-refractivity contribution in [2.24, 2.45) is 0 Å². The zero-order valence-corrected chi connectivity index (χ0v) is 13.3. The van der Waals surface area contributed by atoms with E-state index in [4.69, 9.17) is 11.6 Å². The van der Waals surface area contributed by atoms with Gasteiger partial charge >= 0.3 is 0 Å². The van der Waals surface area contributed by atoms with Gasteiger partial charge in [0.15, 0.2) is 0 Å². The van der Waals surface area contributed by atoms with Crippen LogP contribution in [0.3, 0.4) is 0 Å². The predicted octanol–water partition coefficient (Wildman–Crippen LogP) is 5.83. The van der Waals surface area contributed by atoms with Crippen molar-refractivity contribution in [1.29, 1.82) is 0 Å². The molecule has 1 aromatic carbocycles. The van der Waals surface area contributed by atoms with Gasteiger partial charge in [-0.3, -0.25) is 0 Å². The van der Waals surface area contributed by atoms with E-state index in [1.807, 2.05) is 0 Å². The topological polar surface area (TPSA) is 0 Å². The van der Waals surface area contributed by atoms with Crippen molar-refractivity contribution >= 4 is 38.9 Å². The van der Waals surface area contributed by atoms with Crippen LogP contribution < -0.4 is 0 Å². The number of halogens is 2. The fraction of sp³-hybridized carbons (Fsp3) is 0.333. The lowest BCUT2D eigenvalue weighted by Crippen LogP contribution is -2.12. The lowest BCUT2D eigenvalue weighted by Gasteiger charge is -2.21. The molecule has 0 amide bonds. The predicted molar refractivity (Wildman–Crippen MR) is 82.7 cm³/mol. The van der Waals surface area contributed by atoms with Crippen LogP contribution in [-0.4, -0.2) is 0 Å². The maximum atomic E-state index is 6.77. The van der Waals surface area contributed by atoms with Crippen molar-refractivity contribution in [2.45, 2.75) is 30.6 Å². The molecule has 3 rings (SSSR count). The van der Waals surface area contributed by atoms with Crippen LogP contribution in [0.4, 0.5) is 0 Å². The molecule has 1 atom stereocenters.